The predicted octanol–water partition coefficient (Wildman–Crippen LogP) is 3.53. The van der Waals surface area contributed by atoms with Gasteiger partial charge in [-0.05, 0) is 32.8 Å². The van der Waals surface area contributed by atoms with Gasteiger partial charge in [-0.3, -0.25) is 4.79 Å². The van der Waals surface area contributed by atoms with Crippen LogP contribution in [0.1, 0.15) is 40.2 Å². The third kappa shape index (κ3) is 4.46. The second kappa shape index (κ2) is 7.63. The van der Waals surface area contributed by atoms with Crippen molar-refractivity contribution in [3.05, 3.63) is 17.8 Å². The number of carbonyl (C=O) groups excluding carboxylic acids is 2. The molecule has 0 aromatic carbocycles. The van der Waals surface area contributed by atoms with Gasteiger partial charge in [-0.1, -0.05) is 13.8 Å². The molecule has 1 fully saturated rings. The Labute approximate surface area is 173 Å². The van der Waals surface area contributed by atoms with Crippen molar-refractivity contribution in [2.45, 2.75) is 52.4 Å². The Hall–Kier alpha value is -2.52. The molecule has 166 valence electrons. The zero-order valence-electron chi connectivity index (χ0n) is 17.8. The Morgan fingerprint density at radius 1 is 1.27 bits per heavy atom. The second-order valence-corrected chi connectivity index (χ2v) is 9.04. The van der Waals surface area contributed by atoms with Crippen molar-refractivity contribution in [2.24, 2.45) is 5.92 Å². The van der Waals surface area contributed by atoms with E-state index in [-0.39, 0.29) is 43.7 Å². The summed E-state index contributed by atoms with van der Waals surface area (Å²) < 4.78 is 45.1. The number of hydrogen-bond donors (Lipinski definition) is 0. The van der Waals surface area contributed by atoms with Gasteiger partial charge in [0.1, 0.15) is 11.6 Å². The van der Waals surface area contributed by atoms with Crippen LogP contribution in [-0.4, -0.2) is 59.7 Å². The number of amides is 2. The summed E-state index contributed by atoms with van der Waals surface area (Å²) in [6.07, 6.45) is -4.28. The van der Waals surface area contributed by atoms with Gasteiger partial charge in [0.05, 0.1) is 17.8 Å². The van der Waals surface area contributed by atoms with Crippen LogP contribution in [0, 0.1) is 5.92 Å². The first-order valence-corrected chi connectivity index (χ1v) is 9.91. The lowest BCUT2D eigenvalue weighted by molar-refractivity contribution is -0.138. The summed E-state index contributed by atoms with van der Waals surface area (Å²) in [5.41, 5.74) is -1.41. The SMILES string of the molecule is CC(C)CN1C(=O)[C@H]2CN(C(=O)OC(C)(C)C)CCN2c2ncc(C(F)(F)F)cc21. The maximum Gasteiger partial charge on any atom is 0.417 e. The summed E-state index contributed by atoms with van der Waals surface area (Å²) in [5, 5.41) is 0. The van der Waals surface area contributed by atoms with E-state index in [1.54, 1.807) is 25.7 Å². The third-order valence-electron chi connectivity index (χ3n) is 4.87. The summed E-state index contributed by atoms with van der Waals surface area (Å²) in [5.74, 6) is 0.0242. The van der Waals surface area contributed by atoms with Gasteiger partial charge >= 0.3 is 12.3 Å². The molecule has 0 unspecified atom stereocenters. The Kier molecular flexibility index (Phi) is 5.64. The maximum absolute atomic E-state index is 13.3. The molecule has 0 radical (unpaired) electrons. The number of hydrogen-bond acceptors (Lipinski definition) is 5. The van der Waals surface area contributed by atoms with Gasteiger partial charge in [-0.2, -0.15) is 13.2 Å². The Bertz CT molecular complexity index is 836. The molecule has 0 spiro atoms. The summed E-state index contributed by atoms with van der Waals surface area (Å²) in [6, 6.07) is 0.265. The van der Waals surface area contributed by atoms with Crippen LogP contribution in [0.4, 0.5) is 29.5 Å². The fraction of sp³-hybridized carbons (Fsp3) is 0.650. The number of nitrogens with zero attached hydrogens (tertiary/aromatic N) is 4. The van der Waals surface area contributed by atoms with E-state index in [4.69, 9.17) is 4.74 Å². The molecule has 2 amide bonds. The third-order valence-corrected chi connectivity index (χ3v) is 4.87. The Morgan fingerprint density at radius 3 is 2.50 bits per heavy atom. The lowest BCUT2D eigenvalue weighted by Crippen LogP contribution is -2.64. The molecule has 3 rings (SSSR count). The summed E-state index contributed by atoms with van der Waals surface area (Å²) in [6.45, 7) is 9.95. The topological polar surface area (TPSA) is 66.0 Å². The average molecular weight is 428 g/mol. The van der Waals surface area contributed by atoms with E-state index in [9.17, 15) is 22.8 Å². The molecule has 2 aliphatic rings. The molecule has 1 aromatic rings. The Morgan fingerprint density at radius 2 is 1.93 bits per heavy atom. The van der Waals surface area contributed by atoms with Crippen LogP contribution in [0.2, 0.25) is 0 Å². The monoisotopic (exact) mass is 428 g/mol. The summed E-state index contributed by atoms with van der Waals surface area (Å²) in [4.78, 5) is 34.3. The molecule has 10 heteroatoms. The molecule has 1 aromatic heterocycles. The van der Waals surface area contributed by atoms with Crippen molar-refractivity contribution >= 4 is 23.5 Å². The number of halogens is 3. The highest BCUT2D eigenvalue weighted by atomic mass is 19.4. The highest BCUT2D eigenvalue weighted by molar-refractivity contribution is 6.05. The number of aromatic nitrogens is 1. The van der Waals surface area contributed by atoms with E-state index in [0.717, 1.165) is 12.3 Å². The number of carbonyl (C=O) groups is 2. The van der Waals surface area contributed by atoms with Crippen molar-refractivity contribution in [3.63, 3.8) is 0 Å². The number of anilines is 2. The van der Waals surface area contributed by atoms with Crippen LogP contribution < -0.4 is 9.80 Å². The van der Waals surface area contributed by atoms with E-state index < -0.39 is 29.5 Å². The summed E-state index contributed by atoms with van der Waals surface area (Å²) >= 11 is 0. The number of fused-ring (bicyclic) bond motifs is 3. The van der Waals surface area contributed by atoms with Crippen molar-refractivity contribution in [1.82, 2.24) is 9.88 Å². The minimum absolute atomic E-state index is 0.0356. The van der Waals surface area contributed by atoms with Gasteiger partial charge in [-0.15, -0.1) is 0 Å². The minimum atomic E-state index is -4.55. The molecule has 0 N–H and O–H groups in total. The molecule has 30 heavy (non-hydrogen) atoms. The fourth-order valence-corrected chi connectivity index (χ4v) is 3.61. The Balaban J connectivity index is 1.95. The van der Waals surface area contributed by atoms with Crippen LogP contribution in [0.25, 0.3) is 0 Å². The zero-order chi connectivity index (χ0) is 22.4. The number of rotatable bonds is 2. The van der Waals surface area contributed by atoms with Gasteiger partial charge in [0.25, 0.3) is 5.91 Å². The lowest BCUT2D eigenvalue weighted by Gasteiger charge is -2.47. The van der Waals surface area contributed by atoms with Crippen LogP contribution >= 0.6 is 0 Å². The van der Waals surface area contributed by atoms with Gasteiger partial charge < -0.3 is 19.4 Å². The van der Waals surface area contributed by atoms with Crippen LogP contribution in [0.3, 0.4) is 0 Å². The minimum Gasteiger partial charge on any atom is -0.444 e. The van der Waals surface area contributed by atoms with E-state index in [0.29, 0.717) is 5.82 Å². The standard InChI is InChI=1S/C20H27F3N4O3/c1-12(2)10-27-14-8-13(20(21,22)23)9-24-16(14)26-7-6-25(11-15(26)17(27)28)18(29)30-19(3,4)5/h8-9,12,15H,6-7,10-11H2,1-5H3/t15-/m1/s1. The maximum atomic E-state index is 13.3. The second-order valence-electron chi connectivity index (χ2n) is 9.04. The molecule has 3 heterocycles. The fourth-order valence-electron chi connectivity index (χ4n) is 3.61. The lowest BCUT2D eigenvalue weighted by atomic mass is 10.0. The van der Waals surface area contributed by atoms with Crippen LogP contribution in [0.15, 0.2) is 12.3 Å². The van der Waals surface area contributed by atoms with E-state index >= 15 is 0 Å². The highest BCUT2D eigenvalue weighted by Crippen LogP contribution is 2.40. The van der Waals surface area contributed by atoms with Crippen molar-refractivity contribution in [3.8, 4) is 0 Å². The molecular weight excluding hydrogens is 401 g/mol. The first-order valence-electron chi connectivity index (χ1n) is 9.91. The molecule has 7 nitrogen and oxygen atoms in total. The average Bonchev–Trinajstić information content (AvgIpc) is 2.62. The van der Waals surface area contributed by atoms with Crippen molar-refractivity contribution < 1.29 is 27.5 Å². The van der Waals surface area contributed by atoms with Gasteiger partial charge in [0.15, 0.2) is 5.82 Å². The van der Waals surface area contributed by atoms with E-state index in [2.05, 4.69) is 4.98 Å². The molecule has 1 atom stereocenters. The van der Waals surface area contributed by atoms with E-state index in [1.807, 2.05) is 13.8 Å². The van der Waals surface area contributed by atoms with Gasteiger partial charge in [-0.25, -0.2) is 9.78 Å². The van der Waals surface area contributed by atoms with Crippen molar-refractivity contribution in [2.75, 3.05) is 36.0 Å². The molecule has 1 saturated heterocycles. The van der Waals surface area contributed by atoms with Crippen LogP contribution in [-0.2, 0) is 15.7 Å². The first-order chi connectivity index (χ1) is 13.8. The van der Waals surface area contributed by atoms with Crippen LogP contribution in [0.5, 0.6) is 0 Å². The molecule has 0 bridgehead atoms. The number of alkyl halides is 3. The largest absolute Gasteiger partial charge is 0.444 e. The van der Waals surface area contributed by atoms with Gasteiger partial charge in [0.2, 0.25) is 0 Å². The predicted molar refractivity (Wildman–Crippen MR) is 105 cm³/mol. The number of ether oxygens (including phenoxy) is 1. The summed E-state index contributed by atoms with van der Waals surface area (Å²) in [7, 11) is 0. The normalized spacial score (nSPS) is 19.7. The molecule has 0 saturated carbocycles. The quantitative estimate of drug-likeness (QED) is 0.721. The van der Waals surface area contributed by atoms with E-state index in [1.165, 1.54) is 9.80 Å². The first kappa shape index (κ1) is 22.2. The molecule has 0 aliphatic carbocycles. The highest BCUT2D eigenvalue weighted by Gasteiger charge is 2.45. The number of piperazine rings is 1. The number of pyridine rings is 1. The smallest absolute Gasteiger partial charge is 0.417 e. The zero-order valence-corrected chi connectivity index (χ0v) is 17.8. The van der Waals surface area contributed by atoms with Gasteiger partial charge in [0, 0.05) is 25.8 Å². The van der Waals surface area contributed by atoms with Crippen molar-refractivity contribution in [1.29, 1.82) is 0 Å². The molecule has 2 aliphatic heterocycles. The molecular formula is C20H27F3N4O3.